The third-order valence-corrected chi connectivity index (χ3v) is 4.52. The average Bonchev–Trinajstić information content (AvgIpc) is 2.42. The highest BCUT2D eigenvalue weighted by atomic mass is 79.9. The summed E-state index contributed by atoms with van der Waals surface area (Å²) in [6.45, 7) is 2.81. The van der Waals surface area contributed by atoms with Gasteiger partial charge in [-0.15, -0.1) is 0 Å². The molecule has 0 fully saturated rings. The molecule has 1 atom stereocenters. The van der Waals surface area contributed by atoms with Gasteiger partial charge in [0.1, 0.15) is 5.75 Å². The molecule has 0 aliphatic heterocycles. The molecule has 0 saturated carbocycles. The molecular formula is C15H14Br2ClNO. The van der Waals surface area contributed by atoms with Gasteiger partial charge in [-0.3, -0.25) is 0 Å². The second-order valence-corrected chi connectivity index (χ2v) is 6.71. The van der Waals surface area contributed by atoms with Crippen molar-refractivity contribution in [2.24, 2.45) is 0 Å². The van der Waals surface area contributed by atoms with Crippen LogP contribution in [0, 0.1) is 0 Å². The molecule has 0 aromatic heterocycles. The molecule has 0 heterocycles. The molecule has 0 aliphatic rings. The molecule has 0 amide bonds. The van der Waals surface area contributed by atoms with E-state index in [-0.39, 0.29) is 11.8 Å². The van der Waals surface area contributed by atoms with Gasteiger partial charge in [0.2, 0.25) is 0 Å². The average molecular weight is 420 g/mol. The van der Waals surface area contributed by atoms with Crippen molar-refractivity contribution in [1.29, 1.82) is 0 Å². The van der Waals surface area contributed by atoms with Crippen LogP contribution in [0.2, 0.25) is 5.02 Å². The van der Waals surface area contributed by atoms with Gasteiger partial charge in [0.25, 0.3) is 0 Å². The van der Waals surface area contributed by atoms with Gasteiger partial charge in [-0.05, 0) is 74.2 Å². The first-order valence-corrected chi connectivity index (χ1v) is 8.09. The maximum Gasteiger partial charge on any atom is 0.143 e. The maximum absolute atomic E-state index is 9.69. The highest BCUT2D eigenvalue weighted by molar-refractivity contribution is 9.11. The molecule has 0 radical (unpaired) electrons. The Balaban J connectivity index is 2.03. The highest BCUT2D eigenvalue weighted by Gasteiger charge is 2.08. The summed E-state index contributed by atoms with van der Waals surface area (Å²) in [6, 6.07) is 11.8. The standard InChI is InChI=1S/C15H14Br2ClNO/c1-9(11-2-4-12(18)5-3-11)19-8-10-6-13(16)15(20)14(17)7-10/h2-7,9,19-20H,8H2,1H3/t9-/m1/s1. The molecule has 0 saturated heterocycles. The number of halogens is 3. The normalized spacial score (nSPS) is 12.4. The van der Waals surface area contributed by atoms with Crippen LogP contribution < -0.4 is 5.32 Å². The topological polar surface area (TPSA) is 32.3 Å². The molecular weight excluding hydrogens is 405 g/mol. The van der Waals surface area contributed by atoms with Crippen LogP contribution in [0.1, 0.15) is 24.1 Å². The van der Waals surface area contributed by atoms with E-state index in [1.54, 1.807) is 0 Å². The number of hydrogen-bond donors (Lipinski definition) is 2. The van der Waals surface area contributed by atoms with E-state index < -0.39 is 0 Å². The first-order valence-electron chi connectivity index (χ1n) is 6.13. The lowest BCUT2D eigenvalue weighted by Gasteiger charge is -2.15. The van der Waals surface area contributed by atoms with Crippen molar-refractivity contribution in [1.82, 2.24) is 5.32 Å². The first-order chi connectivity index (χ1) is 9.47. The summed E-state index contributed by atoms with van der Waals surface area (Å²) < 4.78 is 1.37. The summed E-state index contributed by atoms with van der Waals surface area (Å²) in [4.78, 5) is 0. The number of nitrogens with one attached hydrogen (secondary N) is 1. The molecule has 2 rings (SSSR count). The van der Waals surface area contributed by atoms with Crippen molar-refractivity contribution in [3.05, 3.63) is 61.5 Å². The van der Waals surface area contributed by atoms with E-state index in [1.807, 2.05) is 36.4 Å². The summed E-state index contributed by atoms with van der Waals surface area (Å²) in [5.41, 5.74) is 2.27. The molecule has 5 heteroatoms. The monoisotopic (exact) mass is 417 g/mol. The van der Waals surface area contributed by atoms with Gasteiger partial charge in [-0.2, -0.15) is 0 Å². The fourth-order valence-corrected chi connectivity index (χ4v) is 3.27. The molecule has 2 nitrogen and oxygen atoms in total. The van der Waals surface area contributed by atoms with E-state index in [0.29, 0.717) is 15.5 Å². The van der Waals surface area contributed by atoms with Crippen LogP contribution >= 0.6 is 43.5 Å². The molecule has 0 bridgehead atoms. The Bertz CT molecular complexity index is 578. The van der Waals surface area contributed by atoms with E-state index >= 15 is 0 Å². The van der Waals surface area contributed by atoms with Crippen LogP contribution in [-0.2, 0) is 6.54 Å². The summed E-state index contributed by atoms with van der Waals surface area (Å²) >= 11 is 12.6. The molecule has 2 aromatic carbocycles. The Morgan fingerprint density at radius 3 is 2.25 bits per heavy atom. The zero-order valence-electron chi connectivity index (χ0n) is 10.8. The summed E-state index contributed by atoms with van der Waals surface area (Å²) in [6.07, 6.45) is 0. The van der Waals surface area contributed by atoms with Crippen LogP contribution in [0.5, 0.6) is 5.75 Å². The lowest BCUT2D eigenvalue weighted by Crippen LogP contribution is -2.18. The lowest BCUT2D eigenvalue weighted by molar-refractivity contribution is 0.467. The minimum absolute atomic E-state index is 0.221. The first kappa shape index (κ1) is 15.8. The predicted molar refractivity (Wildman–Crippen MR) is 90.2 cm³/mol. The fraction of sp³-hybridized carbons (Fsp3) is 0.200. The molecule has 2 N–H and O–H groups in total. The van der Waals surface area contributed by atoms with Gasteiger partial charge in [0.05, 0.1) is 8.95 Å². The van der Waals surface area contributed by atoms with Crippen LogP contribution in [0.15, 0.2) is 45.3 Å². The van der Waals surface area contributed by atoms with E-state index in [0.717, 1.165) is 10.6 Å². The van der Waals surface area contributed by atoms with Crippen LogP contribution in [-0.4, -0.2) is 5.11 Å². The summed E-state index contributed by atoms with van der Waals surface area (Å²) in [7, 11) is 0. The van der Waals surface area contributed by atoms with Crippen molar-refractivity contribution in [2.45, 2.75) is 19.5 Å². The smallest absolute Gasteiger partial charge is 0.143 e. The maximum atomic E-state index is 9.69. The second-order valence-electron chi connectivity index (χ2n) is 4.56. The summed E-state index contributed by atoms with van der Waals surface area (Å²) in [5, 5.41) is 13.9. The van der Waals surface area contributed by atoms with Gasteiger partial charge in [-0.25, -0.2) is 0 Å². The second kappa shape index (κ2) is 6.94. The number of phenolic OH excluding ortho intramolecular Hbond substituents is 1. The Morgan fingerprint density at radius 2 is 1.70 bits per heavy atom. The third-order valence-electron chi connectivity index (χ3n) is 3.06. The lowest BCUT2D eigenvalue weighted by atomic mass is 10.1. The largest absolute Gasteiger partial charge is 0.506 e. The van der Waals surface area contributed by atoms with Crippen LogP contribution in [0.25, 0.3) is 0 Å². The summed E-state index contributed by atoms with van der Waals surface area (Å²) in [5.74, 6) is 0.222. The minimum Gasteiger partial charge on any atom is -0.506 e. The van der Waals surface area contributed by atoms with E-state index in [1.165, 1.54) is 5.56 Å². The zero-order valence-corrected chi connectivity index (χ0v) is 14.8. The van der Waals surface area contributed by atoms with Crippen molar-refractivity contribution >= 4 is 43.5 Å². The van der Waals surface area contributed by atoms with Crippen molar-refractivity contribution in [2.75, 3.05) is 0 Å². The van der Waals surface area contributed by atoms with Crippen LogP contribution in [0.4, 0.5) is 0 Å². The highest BCUT2D eigenvalue weighted by Crippen LogP contribution is 2.33. The van der Waals surface area contributed by atoms with Gasteiger partial charge >= 0.3 is 0 Å². The van der Waals surface area contributed by atoms with Crippen molar-refractivity contribution in [3.8, 4) is 5.75 Å². The molecule has 106 valence electrons. The number of aromatic hydroxyl groups is 1. The van der Waals surface area contributed by atoms with E-state index in [4.69, 9.17) is 11.6 Å². The van der Waals surface area contributed by atoms with E-state index in [9.17, 15) is 5.11 Å². The SMILES string of the molecule is C[C@@H](NCc1cc(Br)c(O)c(Br)c1)c1ccc(Cl)cc1. The predicted octanol–water partition coefficient (Wildman–Crippen LogP) is 5.42. The Kier molecular flexibility index (Phi) is 5.49. The zero-order chi connectivity index (χ0) is 14.7. The van der Waals surface area contributed by atoms with Crippen molar-refractivity contribution in [3.63, 3.8) is 0 Å². The van der Waals surface area contributed by atoms with Gasteiger partial charge in [0, 0.05) is 17.6 Å². The molecule has 0 spiro atoms. The number of benzene rings is 2. The Labute approximate surface area is 140 Å². The number of hydrogen-bond acceptors (Lipinski definition) is 2. The van der Waals surface area contributed by atoms with Crippen LogP contribution in [0.3, 0.4) is 0 Å². The quantitative estimate of drug-likeness (QED) is 0.693. The molecule has 20 heavy (non-hydrogen) atoms. The number of phenols is 1. The number of rotatable bonds is 4. The van der Waals surface area contributed by atoms with Gasteiger partial charge in [-0.1, -0.05) is 23.7 Å². The molecule has 2 aromatic rings. The third kappa shape index (κ3) is 3.98. The fourth-order valence-electron chi connectivity index (χ4n) is 1.86. The molecule has 0 aliphatic carbocycles. The van der Waals surface area contributed by atoms with Gasteiger partial charge in [0.15, 0.2) is 0 Å². The molecule has 0 unspecified atom stereocenters. The minimum atomic E-state index is 0.221. The van der Waals surface area contributed by atoms with E-state index in [2.05, 4.69) is 44.1 Å². The Morgan fingerprint density at radius 1 is 1.15 bits per heavy atom. The van der Waals surface area contributed by atoms with Gasteiger partial charge < -0.3 is 10.4 Å². The van der Waals surface area contributed by atoms with Crippen molar-refractivity contribution < 1.29 is 5.11 Å². The Hall–Kier alpha value is -0.550.